The van der Waals surface area contributed by atoms with Crippen molar-refractivity contribution in [3.05, 3.63) is 24.0 Å². The van der Waals surface area contributed by atoms with Crippen molar-refractivity contribution in [2.45, 2.75) is 64.8 Å². The molecule has 1 aliphatic rings. The van der Waals surface area contributed by atoms with Crippen molar-refractivity contribution in [2.75, 3.05) is 11.9 Å². The van der Waals surface area contributed by atoms with Crippen molar-refractivity contribution in [2.24, 2.45) is 0 Å². The van der Waals surface area contributed by atoms with Crippen molar-refractivity contribution in [1.29, 1.82) is 0 Å². The van der Waals surface area contributed by atoms with Gasteiger partial charge in [0.05, 0.1) is 5.69 Å². The largest absolute Gasteiger partial charge is 0.334 e. The zero-order valence-corrected chi connectivity index (χ0v) is 12.5. The van der Waals surface area contributed by atoms with E-state index in [0.717, 1.165) is 25.8 Å². The molecule has 0 amide bonds. The smallest absolute Gasteiger partial charge is 0.131 e. The van der Waals surface area contributed by atoms with Crippen LogP contribution in [0.15, 0.2) is 18.3 Å². The minimum Gasteiger partial charge on any atom is -0.334 e. The van der Waals surface area contributed by atoms with Gasteiger partial charge >= 0.3 is 0 Å². The predicted molar refractivity (Wildman–Crippen MR) is 81.5 cm³/mol. The summed E-state index contributed by atoms with van der Waals surface area (Å²) in [5.41, 5.74) is 2.45. The highest BCUT2D eigenvalue weighted by molar-refractivity contribution is 5.46. The number of hydrogen-bond acceptors (Lipinski definition) is 2. The van der Waals surface area contributed by atoms with E-state index in [0.29, 0.717) is 0 Å². The third kappa shape index (κ3) is 3.62. The second-order valence-corrected chi connectivity index (χ2v) is 5.61. The van der Waals surface area contributed by atoms with Crippen molar-refractivity contribution in [1.82, 2.24) is 9.78 Å². The molecule has 19 heavy (non-hydrogen) atoms. The Morgan fingerprint density at radius 3 is 2.84 bits per heavy atom. The van der Waals surface area contributed by atoms with Crippen LogP contribution >= 0.6 is 0 Å². The summed E-state index contributed by atoms with van der Waals surface area (Å²) in [5.74, 6) is 1.21. The average Bonchev–Trinajstić information content (AvgIpc) is 2.75. The third-order valence-electron chi connectivity index (χ3n) is 4.00. The molecule has 2 heterocycles. The summed E-state index contributed by atoms with van der Waals surface area (Å²) in [6.07, 6.45) is 9.97. The maximum Gasteiger partial charge on any atom is 0.131 e. The van der Waals surface area contributed by atoms with Crippen molar-refractivity contribution in [3.63, 3.8) is 0 Å². The van der Waals surface area contributed by atoms with Crippen LogP contribution in [0.25, 0.3) is 0 Å². The molecule has 106 valence electrons. The first-order chi connectivity index (χ1) is 9.22. The van der Waals surface area contributed by atoms with E-state index < -0.39 is 0 Å². The Morgan fingerprint density at radius 1 is 1.26 bits per heavy atom. The molecule has 0 saturated carbocycles. The summed E-state index contributed by atoms with van der Waals surface area (Å²) < 4.78 is 2.15. The maximum atomic E-state index is 4.75. The summed E-state index contributed by atoms with van der Waals surface area (Å²) in [7, 11) is 2.10. The first-order valence-electron chi connectivity index (χ1n) is 7.70. The molecule has 0 aliphatic carbocycles. The molecule has 0 N–H and O–H groups in total. The first-order valence-corrected chi connectivity index (χ1v) is 7.70. The molecule has 1 aliphatic heterocycles. The molecular weight excluding hydrogens is 234 g/mol. The number of aryl methyl sites for hydroxylation is 2. The Labute approximate surface area is 117 Å². The molecule has 0 unspecified atom stereocenters. The number of unbranched alkanes of at least 4 members (excludes halogenated alkanes) is 4. The van der Waals surface area contributed by atoms with E-state index in [1.807, 2.05) is 0 Å². The molecule has 0 bridgehead atoms. The Balaban J connectivity index is 1.92. The van der Waals surface area contributed by atoms with E-state index in [9.17, 15) is 0 Å². The van der Waals surface area contributed by atoms with E-state index in [2.05, 4.69) is 36.2 Å². The predicted octanol–water partition coefficient (Wildman–Crippen LogP) is 4.14. The van der Waals surface area contributed by atoms with E-state index in [-0.39, 0.29) is 0 Å². The normalized spacial score (nSPS) is 15.5. The number of rotatable bonds is 6. The zero-order chi connectivity index (χ0) is 13.7. The molecule has 0 radical (unpaired) electrons. The number of fused-ring (bicyclic) bond motifs is 1. The molecule has 0 fully saturated rings. The highest BCUT2D eigenvalue weighted by Gasteiger charge is 2.17. The summed E-state index contributed by atoms with van der Waals surface area (Å²) in [4.78, 5) is 2.20. The fourth-order valence-corrected chi connectivity index (χ4v) is 2.69. The zero-order valence-electron chi connectivity index (χ0n) is 12.5. The lowest BCUT2D eigenvalue weighted by atomic mass is 10.1. The molecule has 0 saturated heterocycles. The minimum absolute atomic E-state index is 1.02. The number of nitrogens with zero attached hydrogens (tertiary/aromatic N) is 3. The lowest BCUT2D eigenvalue weighted by molar-refractivity contribution is 0.581. The van der Waals surface area contributed by atoms with Gasteiger partial charge < -0.3 is 4.90 Å². The topological polar surface area (TPSA) is 21.1 Å². The highest BCUT2D eigenvalue weighted by Crippen LogP contribution is 2.25. The van der Waals surface area contributed by atoms with Gasteiger partial charge in [-0.05, 0) is 25.7 Å². The van der Waals surface area contributed by atoms with E-state index in [1.54, 1.807) is 0 Å². The van der Waals surface area contributed by atoms with Crippen LogP contribution in [-0.4, -0.2) is 16.8 Å². The molecule has 3 heteroatoms. The maximum absolute atomic E-state index is 4.75. The van der Waals surface area contributed by atoms with Crippen LogP contribution in [0.1, 0.15) is 57.6 Å². The highest BCUT2D eigenvalue weighted by atomic mass is 15.4. The monoisotopic (exact) mass is 261 g/mol. The first kappa shape index (κ1) is 14.2. The van der Waals surface area contributed by atoms with Crippen molar-refractivity contribution < 1.29 is 0 Å². The molecule has 0 aromatic carbocycles. The van der Waals surface area contributed by atoms with Gasteiger partial charge in [0.25, 0.3) is 0 Å². The van der Waals surface area contributed by atoms with E-state index in [4.69, 9.17) is 5.10 Å². The Bertz CT molecular complexity index is 420. The molecular formula is C16H27N3. The van der Waals surface area contributed by atoms with Crippen LogP contribution in [0.4, 0.5) is 5.82 Å². The van der Waals surface area contributed by atoms with Gasteiger partial charge in [-0.1, -0.05) is 39.2 Å². The van der Waals surface area contributed by atoms with Gasteiger partial charge in [-0.25, -0.2) is 4.68 Å². The van der Waals surface area contributed by atoms with Gasteiger partial charge in [-0.3, -0.25) is 0 Å². The Kier molecular flexibility index (Phi) is 5.06. The standard InChI is InChI=1S/C16H27N3/c1-4-5-6-7-8-11-15-13-16-18(3)14(2)10-9-12-19(16)17-15/h13H,2,4-12H2,1,3H3. The van der Waals surface area contributed by atoms with Crippen molar-refractivity contribution >= 4 is 5.82 Å². The van der Waals surface area contributed by atoms with Crippen molar-refractivity contribution in [3.8, 4) is 0 Å². The minimum atomic E-state index is 1.02. The SMILES string of the molecule is C=C1CCCn2nc(CCCCCCC)cc2N1C. The second-order valence-electron chi connectivity index (χ2n) is 5.61. The molecule has 0 atom stereocenters. The lowest BCUT2D eigenvalue weighted by Crippen LogP contribution is -2.16. The van der Waals surface area contributed by atoms with E-state index in [1.165, 1.54) is 49.3 Å². The fraction of sp³-hybridized carbons (Fsp3) is 0.688. The average molecular weight is 261 g/mol. The molecule has 2 rings (SSSR count). The molecule has 3 nitrogen and oxygen atoms in total. The van der Waals surface area contributed by atoms with Crippen LogP contribution in [0.2, 0.25) is 0 Å². The summed E-state index contributed by atoms with van der Waals surface area (Å²) in [6, 6.07) is 2.25. The Morgan fingerprint density at radius 2 is 2.05 bits per heavy atom. The summed E-state index contributed by atoms with van der Waals surface area (Å²) in [6.45, 7) is 7.43. The van der Waals surface area contributed by atoms with Gasteiger partial charge in [0.1, 0.15) is 5.82 Å². The number of hydrogen-bond donors (Lipinski definition) is 0. The van der Waals surface area contributed by atoms with Crippen LogP contribution in [0.3, 0.4) is 0 Å². The quantitative estimate of drug-likeness (QED) is 0.718. The van der Waals surface area contributed by atoms with Gasteiger partial charge in [-0.15, -0.1) is 0 Å². The third-order valence-corrected chi connectivity index (χ3v) is 4.00. The van der Waals surface area contributed by atoms with Crippen LogP contribution in [-0.2, 0) is 13.0 Å². The molecule has 1 aromatic rings. The van der Waals surface area contributed by atoms with Gasteiger partial charge in [0.2, 0.25) is 0 Å². The molecule has 1 aromatic heterocycles. The lowest BCUT2D eigenvalue weighted by Gasteiger charge is -2.18. The van der Waals surface area contributed by atoms with Gasteiger partial charge in [-0.2, -0.15) is 5.10 Å². The fourth-order valence-electron chi connectivity index (χ4n) is 2.69. The van der Waals surface area contributed by atoms with Gasteiger partial charge in [0.15, 0.2) is 0 Å². The van der Waals surface area contributed by atoms with Crippen LogP contribution in [0.5, 0.6) is 0 Å². The van der Waals surface area contributed by atoms with Gasteiger partial charge in [0, 0.05) is 25.4 Å². The number of anilines is 1. The number of allylic oxidation sites excluding steroid dienone is 1. The summed E-state index contributed by atoms with van der Waals surface area (Å²) in [5, 5.41) is 4.75. The summed E-state index contributed by atoms with van der Waals surface area (Å²) >= 11 is 0. The second kappa shape index (κ2) is 6.78. The van der Waals surface area contributed by atoms with Crippen LogP contribution in [0, 0.1) is 0 Å². The molecule has 0 spiro atoms. The Hall–Kier alpha value is -1.25. The van der Waals surface area contributed by atoms with E-state index >= 15 is 0 Å². The van der Waals surface area contributed by atoms with Crippen LogP contribution < -0.4 is 4.90 Å². The number of aromatic nitrogens is 2.